The van der Waals surface area contributed by atoms with E-state index in [0.717, 1.165) is 18.2 Å². The number of hydrogen-bond donors (Lipinski definition) is 1. The maximum Gasteiger partial charge on any atom is 0.304 e. The minimum Gasteiger partial charge on any atom is -0.494 e. The topological polar surface area (TPSA) is 59.0 Å². The molecule has 156 valence electrons. The van der Waals surface area contributed by atoms with Crippen LogP contribution >= 0.6 is 0 Å². The van der Waals surface area contributed by atoms with Gasteiger partial charge in [0, 0.05) is 19.6 Å². The van der Waals surface area contributed by atoms with Crippen LogP contribution in [0.1, 0.15) is 30.1 Å². The van der Waals surface area contributed by atoms with Gasteiger partial charge in [0.1, 0.15) is 5.75 Å². The second-order valence-corrected chi connectivity index (χ2v) is 7.04. The summed E-state index contributed by atoms with van der Waals surface area (Å²) in [5.41, 5.74) is 1.37. The van der Waals surface area contributed by atoms with Crippen LogP contribution in [-0.4, -0.2) is 48.8 Å². The Bertz CT molecular complexity index is 813. The van der Waals surface area contributed by atoms with E-state index in [0.29, 0.717) is 50.5 Å². The molecular weight excluding hydrogens is 380 g/mol. The van der Waals surface area contributed by atoms with Crippen molar-refractivity contribution >= 4 is 5.97 Å². The summed E-state index contributed by atoms with van der Waals surface area (Å²) in [7, 11) is 0. The van der Waals surface area contributed by atoms with E-state index in [1.807, 2.05) is 24.3 Å². The molecule has 0 amide bonds. The van der Waals surface area contributed by atoms with Gasteiger partial charge in [0.25, 0.3) is 0 Å². The summed E-state index contributed by atoms with van der Waals surface area (Å²) < 4.78 is 38.3. The normalized spacial score (nSPS) is 17.2. The molecule has 3 rings (SSSR count). The second kappa shape index (κ2) is 10.3. The molecule has 0 radical (unpaired) electrons. The number of hydrogen-bond acceptors (Lipinski definition) is 4. The van der Waals surface area contributed by atoms with Crippen LogP contribution in [0.4, 0.5) is 8.78 Å². The zero-order chi connectivity index (χ0) is 20.6. The Morgan fingerprint density at radius 1 is 1.21 bits per heavy atom. The monoisotopic (exact) mass is 405 g/mol. The zero-order valence-corrected chi connectivity index (χ0v) is 16.2. The zero-order valence-electron chi connectivity index (χ0n) is 16.2. The van der Waals surface area contributed by atoms with Crippen molar-refractivity contribution in [1.82, 2.24) is 4.90 Å². The Kier molecular flexibility index (Phi) is 7.55. The Hall–Kier alpha value is -2.51. The van der Waals surface area contributed by atoms with Gasteiger partial charge in [-0.3, -0.25) is 9.69 Å². The number of carboxylic acid groups (broad SMARTS) is 1. The lowest BCUT2D eigenvalue weighted by molar-refractivity contribution is -0.137. The van der Waals surface area contributed by atoms with Crippen molar-refractivity contribution in [2.75, 3.05) is 32.8 Å². The van der Waals surface area contributed by atoms with Crippen molar-refractivity contribution < 1.29 is 28.2 Å². The average Bonchev–Trinajstić information content (AvgIpc) is 2.73. The number of halogens is 2. The van der Waals surface area contributed by atoms with Gasteiger partial charge in [0.05, 0.1) is 25.7 Å². The molecule has 1 unspecified atom stereocenters. The number of aryl methyl sites for hydroxylation is 1. The lowest BCUT2D eigenvalue weighted by Crippen LogP contribution is -2.39. The van der Waals surface area contributed by atoms with E-state index >= 15 is 0 Å². The molecule has 0 spiro atoms. The molecule has 0 aliphatic carbocycles. The van der Waals surface area contributed by atoms with E-state index in [4.69, 9.17) is 14.6 Å². The number of ether oxygens (including phenoxy) is 2. The van der Waals surface area contributed by atoms with Crippen molar-refractivity contribution in [1.29, 1.82) is 0 Å². The molecule has 0 saturated carbocycles. The number of rotatable bonds is 9. The molecule has 7 heteroatoms. The number of morpholine rings is 1. The predicted octanol–water partition coefficient (Wildman–Crippen LogP) is 3.82. The van der Waals surface area contributed by atoms with E-state index in [9.17, 15) is 13.6 Å². The summed E-state index contributed by atoms with van der Waals surface area (Å²) in [4.78, 5) is 12.8. The highest BCUT2D eigenvalue weighted by atomic mass is 19.2. The molecule has 2 aromatic carbocycles. The third-order valence-corrected chi connectivity index (χ3v) is 4.94. The standard InChI is InChI=1S/C22H25F2NO4/c23-19-5-1-3-17(22(19)24)4-2-13-28-18-8-6-16(7-9-18)20-15-25(12-14-29-20)11-10-21(26)27/h1,3,5-9,20H,2,4,10-15H2,(H,26,27). The molecule has 1 N–H and O–H groups in total. The van der Waals surface area contributed by atoms with Gasteiger partial charge in [-0.25, -0.2) is 8.78 Å². The van der Waals surface area contributed by atoms with Crippen LogP contribution in [0, 0.1) is 11.6 Å². The Balaban J connectivity index is 1.45. The second-order valence-electron chi connectivity index (χ2n) is 7.04. The van der Waals surface area contributed by atoms with Crippen LogP contribution in [0.15, 0.2) is 42.5 Å². The van der Waals surface area contributed by atoms with E-state index in [-0.39, 0.29) is 12.5 Å². The molecule has 0 bridgehead atoms. The first-order chi connectivity index (χ1) is 14.0. The summed E-state index contributed by atoms with van der Waals surface area (Å²) in [6, 6.07) is 11.8. The minimum atomic E-state index is -0.828. The van der Waals surface area contributed by atoms with Gasteiger partial charge in [0.15, 0.2) is 11.6 Å². The lowest BCUT2D eigenvalue weighted by Gasteiger charge is -2.32. The first-order valence-electron chi connectivity index (χ1n) is 9.74. The van der Waals surface area contributed by atoms with Gasteiger partial charge < -0.3 is 14.6 Å². The van der Waals surface area contributed by atoms with Crippen molar-refractivity contribution in [3.63, 3.8) is 0 Å². The fraction of sp³-hybridized carbons (Fsp3) is 0.409. The highest BCUT2D eigenvalue weighted by Crippen LogP contribution is 2.24. The van der Waals surface area contributed by atoms with Crippen LogP contribution in [0.3, 0.4) is 0 Å². The molecule has 1 heterocycles. The molecule has 1 aliphatic heterocycles. The maximum absolute atomic E-state index is 13.6. The largest absolute Gasteiger partial charge is 0.494 e. The maximum atomic E-state index is 13.6. The van der Waals surface area contributed by atoms with Crippen molar-refractivity contribution in [3.8, 4) is 5.75 Å². The quantitative estimate of drug-likeness (QED) is 0.643. The number of benzene rings is 2. The number of nitrogens with zero attached hydrogens (tertiary/aromatic N) is 1. The van der Waals surface area contributed by atoms with Crippen molar-refractivity contribution in [3.05, 3.63) is 65.2 Å². The molecular formula is C22H25F2NO4. The highest BCUT2D eigenvalue weighted by Gasteiger charge is 2.22. The Morgan fingerprint density at radius 2 is 2.00 bits per heavy atom. The fourth-order valence-corrected chi connectivity index (χ4v) is 3.33. The molecule has 2 aromatic rings. The molecule has 1 saturated heterocycles. The molecule has 1 aliphatic rings. The molecule has 1 atom stereocenters. The Labute approximate surface area is 168 Å². The van der Waals surface area contributed by atoms with E-state index < -0.39 is 17.6 Å². The van der Waals surface area contributed by atoms with Crippen molar-refractivity contribution in [2.45, 2.75) is 25.4 Å². The van der Waals surface area contributed by atoms with Crippen LogP contribution in [0.25, 0.3) is 0 Å². The summed E-state index contributed by atoms with van der Waals surface area (Å²) >= 11 is 0. The van der Waals surface area contributed by atoms with Crippen LogP contribution in [-0.2, 0) is 16.0 Å². The van der Waals surface area contributed by atoms with Crippen LogP contribution in [0.2, 0.25) is 0 Å². The van der Waals surface area contributed by atoms with Crippen molar-refractivity contribution in [2.24, 2.45) is 0 Å². The molecule has 5 nitrogen and oxygen atoms in total. The van der Waals surface area contributed by atoms with Gasteiger partial charge in [-0.1, -0.05) is 24.3 Å². The first-order valence-corrected chi connectivity index (χ1v) is 9.74. The number of aliphatic carboxylic acids is 1. The van der Waals surface area contributed by atoms with Gasteiger partial charge >= 0.3 is 5.97 Å². The van der Waals surface area contributed by atoms with Crippen LogP contribution < -0.4 is 4.74 Å². The average molecular weight is 405 g/mol. The minimum absolute atomic E-state index is 0.0949. The molecule has 29 heavy (non-hydrogen) atoms. The lowest BCUT2D eigenvalue weighted by atomic mass is 10.1. The van der Waals surface area contributed by atoms with Gasteiger partial charge in [-0.2, -0.15) is 0 Å². The number of carboxylic acids is 1. The third-order valence-electron chi connectivity index (χ3n) is 4.94. The van der Waals surface area contributed by atoms with Gasteiger partial charge in [0.2, 0.25) is 0 Å². The first kappa shape index (κ1) is 21.2. The van der Waals surface area contributed by atoms with Gasteiger partial charge in [-0.05, 0) is 42.2 Å². The van der Waals surface area contributed by atoms with E-state index in [2.05, 4.69) is 4.90 Å². The SMILES string of the molecule is O=C(O)CCN1CCOC(c2ccc(OCCCc3cccc(F)c3F)cc2)C1. The molecule has 1 fully saturated rings. The van der Waals surface area contributed by atoms with Gasteiger partial charge in [-0.15, -0.1) is 0 Å². The highest BCUT2D eigenvalue weighted by molar-refractivity contribution is 5.66. The number of carbonyl (C=O) groups is 1. The van der Waals surface area contributed by atoms with E-state index in [1.165, 1.54) is 6.07 Å². The predicted molar refractivity (Wildman–Crippen MR) is 104 cm³/mol. The smallest absolute Gasteiger partial charge is 0.304 e. The summed E-state index contributed by atoms with van der Waals surface area (Å²) in [6.07, 6.45) is 1.01. The third kappa shape index (κ3) is 6.24. The van der Waals surface area contributed by atoms with Crippen LogP contribution in [0.5, 0.6) is 5.75 Å². The van der Waals surface area contributed by atoms with E-state index in [1.54, 1.807) is 6.07 Å². The summed E-state index contributed by atoms with van der Waals surface area (Å²) in [6.45, 7) is 2.88. The molecule has 0 aromatic heterocycles. The Morgan fingerprint density at radius 3 is 2.76 bits per heavy atom. The summed E-state index contributed by atoms with van der Waals surface area (Å²) in [5.74, 6) is -1.71. The fourth-order valence-electron chi connectivity index (χ4n) is 3.33. The summed E-state index contributed by atoms with van der Waals surface area (Å²) in [5, 5.41) is 8.83.